The van der Waals surface area contributed by atoms with Crippen molar-refractivity contribution in [3.8, 4) is 5.75 Å². The van der Waals surface area contributed by atoms with Crippen LogP contribution in [0.5, 0.6) is 5.75 Å². The number of hydrogen-bond acceptors (Lipinski definition) is 5. The van der Waals surface area contributed by atoms with E-state index in [0.29, 0.717) is 0 Å². The summed E-state index contributed by atoms with van der Waals surface area (Å²) in [6, 6.07) is 12.9. The molecule has 2 N–H and O–H groups in total. The van der Waals surface area contributed by atoms with E-state index in [1.54, 1.807) is 12.1 Å². The molecule has 0 radical (unpaired) electrons. The van der Waals surface area contributed by atoms with Crippen molar-refractivity contribution in [3.63, 3.8) is 0 Å². The first kappa shape index (κ1) is 18.2. The molecule has 4 rings (SSSR count). The smallest absolute Gasteiger partial charge is 0.329 e. The third-order valence-electron chi connectivity index (χ3n) is 5.38. The number of anilines is 3. The molecular weight excluding hydrogens is 356 g/mol. The third kappa shape index (κ3) is 3.47. The Morgan fingerprint density at radius 1 is 0.929 bits per heavy atom. The lowest BCUT2D eigenvalue weighted by molar-refractivity contribution is -0.117. The molecule has 3 amide bonds. The standard InChI is InChI=1S/C21H24N4O3/c1-2-15-13-17(25-14-20(27)22-21(25)28)5-8-19(15)24-11-9-23(10-12-24)16-3-6-18(26)7-4-16/h3-8,13,26H,2,9-12,14H2,1H3,(H,22,27,28). The van der Waals surface area contributed by atoms with E-state index in [0.717, 1.165) is 44.0 Å². The minimum Gasteiger partial charge on any atom is -0.508 e. The van der Waals surface area contributed by atoms with Gasteiger partial charge in [0.1, 0.15) is 12.3 Å². The van der Waals surface area contributed by atoms with Crippen LogP contribution in [0.2, 0.25) is 0 Å². The van der Waals surface area contributed by atoms with Crippen LogP contribution in [-0.4, -0.2) is 49.8 Å². The molecular formula is C21H24N4O3. The van der Waals surface area contributed by atoms with Crippen molar-refractivity contribution in [1.29, 1.82) is 0 Å². The number of rotatable bonds is 4. The van der Waals surface area contributed by atoms with Gasteiger partial charge >= 0.3 is 6.03 Å². The van der Waals surface area contributed by atoms with Crippen molar-refractivity contribution in [2.45, 2.75) is 13.3 Å². The van der Waals surface area contributed by atoms with Gasteiger partial charge in [-0.15, -0.1) is 0 Å². The summed E-state index contributed by atoms with van der Waals surface area (Å²) in [6.45, 7) is 5.78. The molecule has 2 aliphatic rings. The molecule has 7 nitrogen and oxygen atoms in total. The van der Waals surface area contributed by atoms with Crippen LogP contribution in [-0.2, 0) is 11.2 Å². The van der Waals surface area contributed by atoms with Gasteiger partial charge in [-0.25, -0.2) is 4.79 Å². The fraction of sp³-hybridized carbons (Fsp3) is 0.333. The third-order valence-corrected chi connectivity index (χ3v) is 5.38. The second-order valence-corrected chi connectivity index (χ2v) is 7.10. The number of aromatic hydroxyl groups is 1. The lowest BCUT2D eigenvalue weighted by atomic mass is 10.1. The minimum atomic E-state index is -0.359. The number of amides is 3. The van der Waals surface area contributed by atoms with E-state index >= 15 is 0 Å². The van der Waals surface area contributed by atoms with E-state index in [1.165, 1.54) is 16.2 Å². The Balaban J connectivity index is 1.48. The molecule has 0 saturated carbocycles. The fourth-order valence-electron chi connectivity index (χ4n) is 3.85. The van der Waals surface area contributed by atoms with Gasteiger partial charge in [0.05, 0.1) is 0 Å². The van der Waals surface area contributed by atoms with Crippen LogP contribution >= 0.6 is 0 Å². The van der Waals surface area contributed by atoms with Gasteiger partial charge in [-0.1, -0.05) is 6.92 Å². The summed E-state index contributed by atoms with van der Waals surface area (Å²) in [5, 5.41) is 11.8. The maximum Gasteiger partial charge on any atom is 0.329 e. The molecule has 2 fully saturated rings. The van der Waals surface area contributed by atoms with E-state index in [2.05, 4.69) is 28.1 Å². The van der Waals surface area contributed by atoms with Crippen molar-refractivity contribution in [1.82, 2.24) is 5.32 Å². The highest BCUT2D eigenvalue weighted by Crippen LogP contribution is 2.29. The van der Waals surface area contributed by atoms with Crippen molar-refractivity contribution in [2.24, 2.45) is 0 Å². The largest absolute Gasteiger partial charge is 0.508 e. The molecule has 28 heavy (non-hydrogen) atoms. The Kier molecular flexibility index (Phi) is 4.81. The van der Waals surface area contributed by atoms with Crippen molar-refractivity contribution >= 4 is 29.0 Å². The zero-order valence-corrected chi connectivity index (χ0v) is 15.9. The Morgan fingerprint density at radius 2 is 1.57 bits per heavy atom. The Labute approximate surface area is 164 Å². The number of phenolic OH excluding ortho intramolecular Hbond substituents is 1. The number of hydrogen-bond donors (Lipinski definition) is 2. The van der Waals surface area contributed by atoms with Crippen LogP contribution < -0.4 is 20.0 Å². The number of piperazine rings is 1. The Hall–Kier alpha value is -3.22. The highest BCUT2D eigenvalue weighted by molar-refractivity contribution is 6.12. The summed E-state index contributed by atoms with van der Waals surface area (Å²) in [5.74, 6) is 0.0147. The van der Waals surface area contributed by atoms with Gasteiger partial charge in [0.15, 0.2) is 0 Å². The molecule has 2 aromatic carbocycles. The SMILES string of the molecule is CCc1cc(N2CC(=O)NC2=O)ccc1N1CCN(c2ccc(O)cc2)CC1. The monoisotopic (exact) mass is 380 g/mol. The summed E-state index contributed by atoms with van der Waals surface area (Å²) in [7, 11) is 0. The minimum absolute atomic E-state index is 0.0760. The molecule has 2 saturated heterocycles. The zero-order valence-electron chi connectivity index (χ0n) is 15.9. The Bertz CT molecular complexity index is 889. The predicted octanol–water partition coefficient (Wildman–Crippen LogP) is 2.34. The number of carbonyl (C=O) groups excluding carboxylic acids is 2. The number of imide groups is 1. The van der Waals surface area contributed by atoms with Crippen molar-refractivity contribution < 1.29 is 14.7 Å². The molecule has 2 aromatic rings. The van der Waals surface area contributed by atoms with Crippen LogP contribution in [0.4, 0.5) is 21.9 Å². The lowest BCUT2D eigenvalue weighted by Gasteiger charge is -2.38. The molecule has 7 heteroatoms. The van der Waals surface area contributed by atoms with Gasteiger partial charge in [-0.2, -0.15) is 0 Å². The number of carbonyl (C=O) groups is 2. The first-order valence-electron chi connectivity index (χ1n) is 9.58. The summed E-state index contributed by atoms with van der Waals surface area (Å²) >= 11 is 0. The van der Waals surface area contributed by atoms with Crippen LogP contribution in [0.3, 0.4) is 0 Å². The van der Waals surface area contributed by atoms with Gasteiger partial charge < -0.3 is 14.9 Å². The number of nitrogens with zero attached hydrogens (tertiary/aromatic N) is 3. The van der Waals surface area contributed by atoms with Crippen molar-refractivity contribution in [3.05, 3.63) is 48.0 Å². The maximum atomic E-state index is 11.9. The highest BCUT2D eigenvalue weighted by atomic mass is 16.3. The average molecular weight is 380 g/mol. The zero-order chi connectivity index (χ0) is 19.7. The van der Waals surface area contributed by atoms with E-state index in [9.17, 15) is 14.7 Å². The molecule has 146 valence electrons. The predicted molar refractivity (Wildman–Crippen MR) is 109 cm³/mol. The van der Waals surface area contributed by atoms with Gasteiger partial charge in [0.2, 0.25) is 5.91 Å². The molecule has 2 heterocycles. The molecule has 0 unspecified atom stereocenters. The summed E-state index contributed by atoms with van der Waals surface area (Å²) < 4.78 is 0. The molecule has 2 aliphatic heterocycles. The fourth-order valence-corrected chi connectivity index (χ4v) is 3.85. The van der Waals surface area contributed by atoms with Gasteiger partial charge in [0.25, 0.3) is 0 Å². The molecule has 0 spiro atoms. The van der Waals surface area contributed by atoms with Gasteiger partial charge in [-0.3, -0.25) is 15.0 Å². The lowest BCUT2D eigenvalue weighted by Crippen LogP contribution is -2.46. The van der Waals surface area contributed by atoms with Crippen LogP contribution in [0, 0.1) is 0 Å². The van der Waals surface area contributed by atoms with E-state index < -0.39 is 0 Å². The van der Waals surface area contributed by atoms with Crippen LogP contribution in [0.1, 0.15) is 12.5 Å². The quantitative estimate of drug-likeness (QED) is 0.797. The topological polar surface area (TPSA) is 76.1 Å². The second-order valence-electron chi connectivity index (χ2n) is 7.10. The van der Waals surface area contributed by atoms with Gasteiger partial charge in [0, 0.05) is 43.2 Å². The average Bonchev–Trinajstić information content (AvgIpc) is 3.06. The molecule has 0 atom stereocenters. The Morgan fingerprint density at radius 3 is 2.18 bits per heavy atom. The van der Waals surface area contributed by atoms with Crippen molar-refractivity contribution in [2.75, 3.05) is 47.4 Å². The summed E-state index contributed by atoms with van der Waals surface area (Å²) in [5.41, 5.74) is 4.23. The molecule has 0 bridgehead atoms. The number of urea groups is 1. The first-order chi connectivity index (χ1) is 13.5. The van der Waals surface area contributed by atoms with E-state index in [1.807, 2.05) is 24.3 Å². The highest BCUT2D eigenvalue weighted by Gasteiger charge is 2.28. The van der Waals surface area contributed by atoms with Crippen LogP contribution in [0.15, 0.2) is 42.5 Å². The summed E-state index contributed by atoms with van der Waals surface area (Å²) in [4.78, 5) is 29.6. The normalized spacial score (nSPS) is 17.2. The van der Waals surface area contributed by atoms with Crippen LogP contribution in [0.25, 0.3) is 0 Å². The first-order valence-corrected chi connectivity index (χ1v) is 9.58. The molecule has 0 aromatic heterocycles. The second kappa shape index (κ2) is 7.42. The van der Waals surface area contributed by atoms with E-state index in [4.69, 9.17) is 0 Å². The number of aryl methyl sites for hydroxylation is 1. The summed E-state index contributed by atoms with van der Waals surface area (Å²) in [6.07, 6.45) is 0.852. The number of nitrogens with one attached hydrogen (secondary N) is 1. The maximum absolute atomic E-state index is 11.9. The molecule has 0 aliphatic carbocycles. The van der Waals surface area contributed by atoms with Gasteiger partial charge in [-0.05, 0) is 54.4 Å². The number of phenols is 1. The van der Waals surface area contributed by atoms with E-state index in [-0.39, 0.29) is 24.2 Å². The number of benzene rings is 2.